The van der Waals surface area contributed by atoms with E-state index in [0.717, 1.165) is 23.4 Å². The van der Waals surface area contributed by atoms with Crippen molar-refractivity contribution in [3.05, 3.63) is 120 Å². The van der Waals surface area contributed by atoms with Gasteiger partial charge in [-0.3, -0.25) is 4.79 Å². The number of benzene rings is 3. The van der Waals surface area contributed by atoms with Crippen LogP contribution in [-0.4, -0.2) is 15.5 Å². The van der Waals surface area contributed by atoms with Gasteiger partial charge in [-0.15, -0.1) is 0 Å². The van der Waals surface area contributed by atoms with Crippen molar-refractivity contribution < 1.29 is 9.53 Å². The van der Waals surface area contributed by atoms with Crippen LogP contribution in [-0.2, 0) is 19.7 Å². The minimum atomic E-state index is -0.0898. The van der Waals surface area contributed by atoms with Crippen molar-refractivity contribution in [2.24, 2.45) is 0 Å². The minimum absolute atomic E-state index is 0.0898. The van der Waals surface area contributed by atoms with Crippen molar-refractivity contribution in [1.29, 1.82) is 0 Å². The Hall–Kier alpha value is -3.86. The van der Waals surface area contributed by atoms with Gasteiger partial charge in [-0.1, -0.05) is 54.6 Å². The number of amides is 1. The molecule has 0 spiro atoms. The van der Waals surface area contributed by atoms with Crippen LogP contribution in [0.4, 0.5) is 0 Å². The molecule has 5 heteroatoms. The van der Waals surface area contributed by atoms with Crippen LogP contribution in [0.25, 0.3) is 0 Å². The molecule has 3 aromatic carbocycles. The molecule has 30 heavy (non-hydrogen) atoms. The monoisotopic (exact) mass is 397 g/mol. The number of rotatable bonds is 8. The quantitative estimate of drug-likeness (QED) is 0.478. The van der Waals surface area contributed by atoms with E-state index >= 15 is 0 Å². The lowest BCUT2D eigenvalue weighted by Gasteiger charge is -2.09. The molecule has 0 fully saturated rings. The zero-order chi connectivity index (χ0) is 20.6. The van der Waals surface area contributed by atoms with E-state index in [1.807, 2.05) is 77.5 Å². The summed E-state index contributed by atoms with van der Waals surface area (Å²) in [6.45, 7) is 1.74. The maximum Gasteiger partial charge on any atom is 0.251 e. The standard InChI is InChI=1S/C25H23N3O2/c29-25(23-12-10-22(11-13-23)18-30-24-4-2-1-3-5-24)27-16-20-6-8-21(9-7-20)17-28-15-14-26-19-28/h1-15,19H,16-18H2,(H,27,29). The van der Waals surface area contributed by atoms with Crippen LogP contribution in [0.3, 0.4) is 0 Å². The Morgan fingerprint density at radius 3 is 2.27 bits per heavy atom. The highest BCUT2D eigenvalue weighted by Crippen LogP contribution is 2.13. The van der Waals surface area contributed by atoms with Crippen LogP contribution in [0, 0.1) is 0 Å². The fraction of sp³-hybridized carbons (Fsp3) is 0.120. The van der Waals surface area contributed by atoms with Crippen LogP contribution < -0.4 is 10.1 Å². The summed E-state index contributed by atoms with van der Waals surface area (Å²) >= 11 is 0. The topological polar surface area (TPSA) is 56.2 Å². The van der Waals surface area contributed by atoms with Crippen LogP contribution in [0.15, 0.2) is 97.6 Å². The maximum atomic E-state index is 12.4. The van der Waals surface area contributed by atoms with Gasteiger partial charge in [0, 0.05) is 31.0 Å². The first kappa shape index (κ1) is 19.5. The van der Waals surface area contributed by atoms with Crippen LogP contribution in [0.5, 0.6) is 5.75 Å². The third-order valence-corrected chi connectivity index (χ3v) is 4.77. The largest absolute Gasteiger partial charge is 0.489 e. The van der Waals surface area contributed by atoms with Crippen LogP contribution in [0.2, 0.25) is 0 Å². The van der Waals surface area contributed by atoms with Crippen molar-refractivity contribution in [2.75, 3.05) is 0 Å². The highest BCUT2D eigenvalue weighted by atomic mass is 16.5. The minimum Gasteiger partial charge on any atom is -0.489 e. The van der Waals surface area contributed by atoms with E-state index in [0.29, 0.717) is 18.7 Å². The van der Waals surface area contributed by atoms with Gasteiger partial charge in [0.2, 0.25) is 0 Å². The molecule has 4 aromatic rings. The molecule has 0 aliphatic rings. The Labute approximate surface area is 176 Å². The summed E-state index contributed by atoms with van der Waals surface area (Å²) in [6, 6.07) is 25.4. The summed E-state index contributed by atoms with van der Waals surface area (Å²) in [4.78, 5) is 16.5. The van der Waals surface area contributed by atoms with E-state index in [9.17, 15) is 4.79 Å². The number of ether oxygens (including phenoxy) is 1. The number of carbonyl (C=O) groups excluding carboxylic acids is 1. The van der Waals surface area contributed by atoms with E-state index in [-0.39, 0.29) is 5.91 Å². The number of nitrogens with one attached hydrogen (secondary N) is 1. The number of hydrogen-bond acceptors (Lipinski definition) is 3. The molecule has 150 valence electrons. The number of aromatic nitrogens is 2. The molecule has 0 saturated carbocycles. The molecule has 0 unspecified atom stereocenters. The first-order chi connectivity index (χ1) is 14.8. The number of carbonyl (C=O) groups is 1. The number of para-hydroxylation sites is 1. The van der Waals surface area contributed by atoms with E-state index in [1.165, 1.54) is 5.56 Å². The second-order valence-corrected chi connectivity index (χ2v) is 7.03. The van der Waals surface area contributed by atoms with Crippen molar-refractivity contribution in [3.8, 4) is 5.75 Å². The lowest BCUT2D eigenvalue weighted by molar-refractivity contribution is 0.0951. The lowest BCUT2D eigenvalue weighted by Crippen LogP contribution is -2.22. The Morgan fingerprint density at radius 2 is 1.57 bits per heavy atom. The Morgan fingerprint density at radius 1 is 0.867 bits per heavy atom. The summed E-state index contributed by atoms with van der Waals surface area (Å²) in [5.41, 5.74) is 3.90. The molecule has 1 N–H and O–H groups in total. The molecule has 1 aromatic heterocycles. The summed E-state index contributed by atoms with van der Waals surface area (Å²) in [5, 5.41) is 2.97. The van der Waals surface area contributed by atoms with Crippen molar-refractivity contribution in [2.45, 2.75) is 19.7 Å². The zero-order valence-corrected chi connectivity index (χ0v) is 16.6. The summed E-state index contributed by atoms with van der Waals surface area (Å²) in [6.07, 6.45) is 5.51. The highest BCUT2D eigenvalue weighted by Gasteiger charge is 2.06. The van der Waals surface area contributed by atoms with Gasteiger partial charge in [0.25, 0.3) is 5.91 Å². The van der Waals surface area contributed by atoms with Crippen molar-refractivity contribution in [3.63, 3.8) is 0 Å². The van der Waals surface area contributed by atoms with E-state index < -0.39 is 0 Å². The normalized spacial score (nSPS) is 10.5. The van der Waals surface area contributed by atoms with Gasteiger partial charge < -0.3 is 14.6 Å². The van der Waals surface area contributed by atoms with Crippen LogP contribution >= 0.6 is 0 Å². The SMILES string of the molecule is O=C(NCc1ccc(Cn2ccnc2)cc1)c1ccc(COc2ccccc2)cc1. The smallest absolute Gasteiger partial charge is 0.251 e. The first-order valence-electron chi connectivity index (χ1n) is 9.85. The van der Waals surface area contributed by atoms with Crippen molar-refractivity contribution >= 4 is 5.91 Å². The van der Waals surface area contributed by atoms with E-state index in [1.54, 1.807) is 12.5 Å². The third-order valence-electron chi connectivity index (χ3n) is 4.77. The molecule has 0 bridgehead atoms. The second kappa shape index (κ2) is 9.56. The molecular weight excluding hydrogens is 374 g/mol. The molecule has 0 saturated heterocycles. The Bertz CT molecular complexity index is 1060. The summed E-state index contributed by atoms with van der Waals surface area (Å²) < 4.78 is 7.75. The van der Waals surface area contributed by atoms with Gasteiger partial charge in [-0.05, 0) is 41.0 Å². The third kappa shape index (κ3) is 5.35. The van der Waals surface area contributed by atoms with E-state index in [2.05, 4.69) is 22.4 Å². The molecule has 1 heterocycles. The fourth-order valence-corrected chi connectivity index (χ4v) is 3.07. The predicted molar refractivity (Wildman–Crippen MR) is 116 cm³/mol. The maximum absolute atomic E-state index is 12.4. The molecule has 0 aliphatic heterocycles. The molecular formula is C25H23N3O2. The van der Waals surface area contributed by atoms with Gasteiger partial charge in [0.05, 0.1) is 6.33 Å². The average molecular weight is 397 g/mol. The van der Waals surface area contributed by atoms with Gasteiger partial charge >= 0.3 is 0 Å². The Kier molecular flexibility index (Phi) is 6.20. The van der Waals surface area contributed by atoms with Gasteiger partial charge in [-0.25, -0.2) is 4.98 Å². The Balaban J connectivity index is 1.26. The lowest BCUT2D eigenvalue weighted by atomic mass is 10.1. The molecule has 1 amide bonds. The number of hydrogen-bond donors (Lipinski definition) is 1. The fourth-order valence-electron chi connectivity index (χ4n) is 3.07. The molecule has 4 rings (SSSR count). The van der Waals surface area contributed by atoms with E-state index in [4.69, 9.17) is 4.74 Å². The number of imidazole rings is 1. The van der Waals surface area contributed by atoms with Crippen molar-refractivity contribution in [1.82, 2.24) is 14.9 Å². The second-order valence-electron chi connectivity index (χ2n) is 7.03. The molecule has 5 nitrogen and oxygen atoms in total. The molecule has 0 radical (unpaired) electrons. The van der Waals surface area contributed by atoms with Gasteiger partial charge in [-0.2, -0.15) is 0 Å². The summed E-state index contributed by atoms with van der Waals surface area (Å²) in [5.74, 6) is 0.739. The molecule has 0 atom stereocenters. The summed E-state index contributed by atoms with van der Waals surface area (Å²) in [7, 11) is 0. The predicted octanol–water partition coefficient (Wildman–Crippen LogP) is 4.44. The van der Waals surface area contributed by atoms with Gasteiger partial charge in [0.1, 0.15) is 12.4 Å². The molecule has 0 aliphatic carbocycles. The van der Waals surface area contributed by atoms with Crippen LogP contribution in [0.1, 0.15) is 27.0 Å². The average Bonchev–Trinajstić information content (AvgIpc) is 3.31. The zero-order valence-electron chi connectivity index (χ0n) is 16.6. The highest BCUT2D eigenvalue weighted by molar-refractivity contribution is 5.94. The first-order valence-corrected chi connectivity index (χ1v) is 9.85. The number of nitrogens with zero attached hydrogens (tertiary/aromatic N) is 2. The van der Waals surface area contributed by atoms with Gasteiger partial charge in [0.15, 0.2) is 0 Å².